The summed E-state index contributed by atoms with van der Waals surface area (Å²) in [5.74, 6) is 0. The number of aromatic nitrogens is 3. The molecule has 0 N–H and O–H groups in total. The van der Waals surface area contributed by atoms with E-state index in [0.29, 0.717) is 11.1 Å². The van der Waals surface area contributed by atoms with Gasteiger partial charge in [0.15, 0.2) is 0 Å². The lowest BCUT2D eigenvalue weighted by Crippen LogP contribution is -2.02. The molecular formula is C50H29N5. The van der Waals surface area contributed by atoms with Gasteiger partial charge in [0.05, 0.1) is 61.7 Å². The second-order valence-electron chi connectivity index (χ2n) is 14.0. The molecule has 0 radical (unpaired) electrons. The van der Waals surface area contributed by atoms with E-state index in [-0.39, 0.29) is 0 Å². The summed E-state index contributed by atoms with van der Waals surface area (Å²) in [6, 6.07) is 66.0. The molecule has 0 aliphatic carbocycles. The molecule has 0 aliphatic heterocycles. The zero-order valence-electron chi connectivity index (χ0n) is 29.5. The predicted octanol–water partition coefficient (Wildman–Crippen LogP) is 12.4. The van der Waals surface area contributed by atoms with Crippen LogP contribution in [0.25, 0.3) is 93.6 Å². The zero-order chi connectivity index (χ0) is 36.6. The highest BCUT2D eigenvalue weighted by Gasteiger charge is 2.22. The molecule has 0 fully saturated rings. The Kier molecular flexibility index (Phi) is 6.61. The van der Waals surface area contributed by atoms with Crippen molar-refractivity contribution >= 4 is 65.4 Å². The Hall–Kier alpha value is -7.86. The first-order chi connectivity index (χ1) is 27.2. The van der Waals surface area contributed by atoms with Gasteiger partial charge in [-0.15, -0.1) is 0 Å². The first-order valence-corrected chi connectivity index (χ1v) is 18.3. The summed E-state index contributed by atoms with van der Waals surface area (Å²) < 4.78 is 6.95. The third-order valence-electron chi connectivity index (χ3n) is 11.1. The van der Waals surface area contributed by atoms with Gasteiger partial charge in [-0.3, -0.25) is 0 Å². The maximum atomic E-state index is 10.6. The van der Waals surface area contributed by atoms with Crippen molar-refractivity contribution in [3.8, 4) is 40.3 Å². The molecule has 0 unspecified atom stereocenters. The van der Waals surface area contributed by atoms with E-state index >= 15 is 0 Å². The van der Waals surface area contributed by atoms with Gasteiger partial charge in [-0.05, 0) is 66.2 Å². The molecule has 0 amide bonds. The molecular weight excluding hydrogens is 671 g/mol. The number of hydrogen-bond acceptors (Lipinski definition) is 2. The van der Waals surface area contributed by atoms with Crippen LogP contribution in [0.2, 0.25) is 0 Å². The number of para-hydroxylation sites is 6. The molecule has 11 rings (SSSR count). The van der Waals surface area contributed by atoms with Crippen LogP contribution >= 0.6 is 0 Å². The van der Waals surface area contributed by atoms with Crippen molar-refractivity contribution in [2.24, 2.45) is 0 Å². The number of hydrogen-bond donors (Lipinski definition) is 0. The average molecular weight is 700 g/mol. The van der Waals surface area contributed by atoms with Crippen LogP contribution in [0.5, 0.6) is 0 Å². The highest BCUT2D eigenvalue weighted by molar-refractivity contribution is 6.15. The maximum absolute atomic E-state index is 10.6. The second kappa shape index (κ2) is 11.8. The minimum Gasteiger partial charge on any atom is -0.307 e. The van der Waals surface area contributed by atoms with Crippen LogP contribution in [0.3, 0.4) is 0 Å². The van der Waals surface area contributed by atoms with Crippen molar-refractivity contribution in [3.63, 3.8) is 0 Å². The SMILES string of the molecule is N#Cc1ccc2c3ccccc3n(-c3c(C#N)cccc3-c3cccc(-n4c5ccccc5c5cccc(-n6c7ccccc7c7ccccc76)c54)c3)c2c1. The molecule has 8 aromatic carbocycles. The largest absolute Gasteiger partial charge is 0.307 e. The maximum Gasteiger partial charge on any atom is 0.101 e. The lowest BCUT2D eigenvalue weighted by molar-refractivity contribution is 1.13. The highest BCUT2D eigenvalue weighted by atomic mass is 15.1. The topological polar surface area (TPSA) is 62.4 Å². The normalized spacial score (nSPS) is 11.6. The third kappa shape index (κ3) is 4.39. The fraction of sp³-hybridized carbons (Fsp3) is 0. The van der Waals surface area contributed by atoms with Crippen LogP contribution in [-0.2, 0) is 0 Å². The lowest BCUT2D eigenvalue weighted by atomic mass is 9.99. The Morgan fingerprint density at radius 2 is 0.927 bits per heavy atom. The molecule has 0 atom stereocenters. The van der Waals surface area contributed by atoms with Gasteiger partial charge in [0, 0.05) is 43.6 Å². The van der Waals surface area contributed by atoms with Crippen molar-refractivity contribution in [2.75, 3.05) is 0 Å². The molecule has 0 saturated carbocycles. The van der Waals surface area contributed by atoms with Gasteiger partial charge in [-0.2, -0.15) is 10.5 Å². The average Bonchev–Trinajstić information content (AvgIpc) is 3.89. The summed E-state index contributed by atoms with van der Waals surface area (Å²) in [7, 11) is 0. The van der Waals surface area contributed by atoms with E-state index in [9.17, 15) is 10.5 Å². The van der Waals surface area contributed by atoms with E-state index in [0.717, 1.165) is 72.1 Å². The molecule has 5 nitrogen and oxygen atoms in total. The number of fused-ring (bicyclic) bond motifs is 9. The van der Waals surface area contributed by atoms with E-state index in [1.165, 1.54) is 21.5 Å². The smallest absolute Gasteiger partial charge is 0.101 e. The molecule has 0 aliphatic rings. The number of nitriles is 2. The zero-order valence-corrected chi connectivity index (χ0v) is 29.5. The Morgan fingerprint density at radius 3 is 1.58 bits per heavy atom. The van der Waals surface area contributed by atoms with Crippen molar-refractivity contribution < 1.29 is 0 Å². The van der Waals surface area contributed by atoms with Gasteiger partial charge in [0.1, 0.15) is 6.07 Å². The van der Waals surface area contributed by atoms with Gasteiger partial charge in [0.2, 0.25) is 0 Å². The number of nitrogens with zero attached hydrogens (tertiary/aromatic N) is 5. The van der Waals surface area contributed by atoms with E-state index in [1.807, 2.05) is 42.5 Å². The highest BCUT2D eigenvalue weighted by Crippen LogP contribution is 2.42. The van der Waals surface area contributed by atoms with Crippen LogP contribution in [-0.4, -0.2) is 13.7 Å². The first kappa shape index (κ1) is 30.7. The molecule has 0 spiro atoms. The molecule has 3 aromatic heterocycles. The van der Waals surface area contributed by atoms with Crippen molar-refractivity contribution in [2.45, 2.75) is 0 Å². The van der Waals surface area contributed by atoms with Gasteiger partial charge < -0.3 is 13.7 Å². The third-order valence-corrected chi connectivity index (χ3v) is 11.1. The Morgan fingerprint density at radius 1 is 0.382 bits per heavy atom. The molecule has 5 heteroatoms. The van der Waals surface area contributed by atoms with Crippen molar-refractivity contribution in [3.05, 3.63) is 187 Å². The summed E-state index contributed by atoms with van der Waals surface area (Å²) in [5, 5.41) is 27.4. The molecule has 0 saturated heterocycles. The van der Waals surface area contributed by atoms with Crippen LogP contribution in [0.1, 0.15) is 11.1 Å². The second-order valence-corrected chi connectivity index (χ2v) is 14.0. The van der Waals surface area contributed by atoms with E-state index < -0.39 is 0 Å². The van der Waals surface area contributed by atoms with Gasteiger partial charge in [-0.1, -0.05) is 115 Å². The fourth-order valence-electron chi connectivity index (χ4n) is 8.83. The molecule has 3 heterocycles. The predicted molar refractivity (Wildman–Crippen MR) is 224 cm³/mol. The monoisotopic (exact) mass is 699 g/mol. The van der Waals surface area contributed by atoms with Gasteiger partial charge >= 0.3 is 0 Å². The quantitative estimate of drug-likeness (QED) is 0.184. The standard InChI is InChI=1S/C50H29N5/c51-30-32-26-27-41-39-17-3-8-24-46(39)55(48(41)28-32)49-34(31-52)13-10-19-36(49)33-12-9-14-35(29-33)53-43-21-5-4-18-40(43)42-20-11-25-47(50(42)53)54-44-22-6-1-15-37(44)38-16-2-7-23-45(38)54/h1-29H. The number of rotatable bonds is 4. The van der Waals surface area contributed by atoms with E-state index in [2.05, 4.69) is 159 Å². The summed E-state index contributed by atoms with van der Waals surface area (Å²) in [6.45, 7) is 0. The fourth-order valence-corrected chi connectivity index (χ4v) is 8.83. The lowest BCUT2D eigenvalue weighted by Gasteiger charge is -2.18. The minimum absolute atomic E-state index is 0.554. The molecule has 254 valence electrons. The Labute approximate surface area is 316 Å². The molecule has 11 aromatic rings. The van der Waals surface area contributed by atoms with Crippen LogP contribution < -0.4 is 0 Å². The summed E-state index contributed by atoms with van der Waals surface area (Å²) in [4.78, 5) is 0. The van der Waals surface area contributed by atoms with Gasteiger partial charge in [-0.25, -0.2) is 0 Å². The molecule has 55 heavy (non-hydrogen) atoms. The first-order valence-electron chi connectivity index (χ1n) is 18.3. The van der Waals surface area contributed by atoms with E-state index in [1.54, 1.807) is 0 Å². The van der Waals surface area contributed by atoms with Crippen LogP contribution in [0.4, 0.5) is 0 Å². The molecule has 0 bridgehead atoms. The van der Waals surface area contributed by atoms with E-state index in [4.69, 9.17) is 0 Å². The number of benzene rings is 8. The Balaban J connectivity index is 1.21. The van der Waals surface area contributed by atoms with Crippen LogP contribution in [0.15, 0.2) is 176 Å². The van der Waals surface area contributed by atoms with Crippen LogP contribution in [0, 0.1) is 22.7 Å². The summed E-state index contributed by atoms with van der Waals surface area (Å²) >= 11 is 0. The summed E-state index contributed by atoms with van der Waals surface area (Å²) in [5.41, 5.74) is 12.3. The van der Waals surface area contributed by atoms with Crippen molar-refractivity contribution in [1.29, 1.82) is 10.5 Å². The minimum atomic E-state index is 0.554. The van der Waals surface area contributed by atoms with Crippen molar-refractivity contribution in [1.82, 2.24) is 13.7 Å². The van der Waals surface area contributed by atoms with Gasteiger partial charge in [0.25, 0.3) is 0 Å². The Bertz CT molecular complexity index is 3420. The summed E-state index contributed by atoms with van der Waals surface area (Å²) in [6.07, 6.45) is 0.